The third-order valence-electron chi connectivity index (χ3n) is 2.99. The van der Waals surface area contributed by atoms with Crippen LogP contribution in [0.15, 0.2) is 0 Å². The van der Waals surface area contributed by atoms with Gasteiger partial charge in [0.15, 0.2) is 0 Å². The highest BCUT2D eigenvalue weighted by molar-refractivity contribution is 4.88. The molecule has 0 heterocycles. The molecule has 0 radical (unpaired) electrons. The second-order valence-corrected chi connectivity index (χ2v) is 3.67. The summed E-state index contributed by atoms with van der Waals surface area (Å²) in [6, 6.07) is 0. The Morgan fingerprint density at radius 3 is 1.50 bits per heavy atom. The normalized spacial score (nSPS) is 42.9. The Hall–Kier alpha value is 0. The van der Waals surface area contributed by atoms with Crippen LogP contribution in [0.5, 0.6) is 0 Å². The lowest BCUT2D eigenvalue weighted by atomic mass is 9.77. The van der Waals surface area contributed by atoms with Crippen LogP contribution >= 0.6 is 0 Å². The molecule has 0 nitrogen and oxygen atoms in total. The molecule has 0 aliphatic heterocycles. The summed E-state index contributed by atoms with van der Waals surface area (Å²) < 4.78 is 0. The Kier molecular flexibility index (Phi) is 2.76. The molecule has 0 aromatic carbocycles. The Balaban J connectivity index is 0.000000231. The predicted octanol–water partition coefficient (Wildman–Crippen LogP) is 3.47. The van der Waals surface area contributed by atoms with Gasteiger partial charge in [0, 0.05) is 0 Å². The van der Waals surface area contributed by atoms with Crippen molar-refractivity contribution in [2.24, 2.45) is 17.8 Å². The molecule has 0 N–H and O–H groups in total. The van der Waals surface area contributed by atoms with Crippen molar-refractivity contribution >= 4 is 0 Å². The standard InChI is InChI=1S/C8H14.C2H6/c1-6-4-7-2-3-8(7)5-6;1-2/h6-8H,2-5H2,1H3;1-2H3. The smallest absolute Gasteiger partial charge is 0.0383 e. The SMILES string of the molecule is CC.CC1CC2CCC2C1. The van der Waals surface area contributed by atoms with Gasteiger partial charge in [0.05, 0.1) is 0 Å². The predicted molar refractivity (Wildman–Crippen MR) is 46.0 cm³/mol. The first kappa shape index (κ1) is 8.10. The molecule has 0 bridgehead atoms. The molecule has 0 amide bonds. The minimum atomic E-state index is 1.06. The van der Waals surface area contributed by atoms with Crippen LogP contribution in [0.1, 0.15) is 46.5 Å². The molecule has 2 saturated carbocycles. The molecule has 2 unspecified atom stereocenters. The molecule has 0 aromatic heterocycles. The monoisotopic (exact) mass is 140 g/mol. The van der Waals surface area contributed by atoms with E-state index in [1.54, 1.807) is 25.7 Å². The molecule has 2 aliphatic carbocycles. The van der Waals surface area contributed by atoms with Crippen LogP contribution in [0, 0.1) is 17.8 Å². The van der Waals surface area contributed by atoms with Crippen LogP contribution in [0.4, 0.5) is 0 Å². The lowest BCUT2D eigenvalue weighted by molar-refractivity contribution is 0.219. The highest BCUT2D eigenvalue weighted by Crippen LogP contribution is 2.49. The van der Waals surface area contributed by atoms with Crippen molar-refractivity contribution in [2.75, 3.05) is 0 Å². The zero-order valence-corrected chi connectivity index (χ0v) is 7.56. The summed E-state index contributed by atoms with van der Waals surface area (Å²) in [5.41, 5.74) is 0. The number of rotatable bonds is 0. The second-order valence-electron chi connectivity index (χ2n) is 3.67. The second kappa shape index (κ2) is 3.41. The molecule has 2 fully saturated rings. The summed E-state index contributed by atoms with van der Waals surface area (Å²) in [5.74, 6) is 3.41. The fourth-order valence-electron chi connectivity index (χ4n) is 2.39. The minimum Gasteiger partial charge on any atom is -0.0683 e. The van der Waals surface area contributed by atoms with E-state index in [9.17, 15) is 0 Å². The summed E-state index contributed by atoms with van der Waals surface area (Å²) in [5, 5.41) is 0. The summed E-state index contributed by atoms with van der Waals surface area (Å²) in [6.45, 7) is 6.40. The fraction of sp³-hybridized carbons (Fsp3) is 1.00. The Labute approximate surface area is 65.0 Å². The average Bonchev–Trinajstić information content (AvgIpc) is 2.19. The molecular weight excluding hydrogens is 120 g/mol. The van der Waals surface area contributed by atoms with Crippen molar-refractivity contribution in [2.45, 2.75) is 46.5 Å². The summed E-state index contributed by atoms with van der Waals surface area (Å²) in [7, 11) is 0. The van der Waals surface area contributed by atoms with Crippen LogP contribution < -0.4 is 0 Å². The van der Waals surface area contributed by atoms with Gasteiger partial charge in [0.2, 0.25) is 0 Å². The van der Waals surface area contributed by atoms with Gasteiger partial charge in [-0.05, 0) is 43.4 Å². The molecule has 2 rings (SSSR count). The summed E-state index contributed by atoms with van der Waals surface area (Å²) in [6.07, 6.45) is 6.19. The first-order valence-corrected chi connectivity index (χ1v) is 4.86. The number of hydrogen-bond donors (Lipinski definition) is 0. The molecule has 0 saturated heterocycles. The zero-order chi connectivity index (χ0) is 7.56. The maximum absolute atomic E-state index is 2.40. The van der Waals surface area contributed by atoms with Gasteiger partial charge in [-0.2, -0.15) is 0 Å². The average molecular weight is 140 g/mol. The van der Waals surface area contributed by atoms with E-state index in [2.05, 4.69) is 6.92 Å². The van der Waals surface area contributed by atoms with Gasteiger partial charge in [0.1, 0.15) is 0 Å². The van der Waals surface area contributed by atoms with Gasteiger partial charge < -0.3 is 0 Å². The van der Waals surface area contributed by atoms with Gasteiger partial charge in [-0.15, -0.1) is 0 Å². The van der Waals surface area contributed by atoms with Gasteiger partial charge in [0.25, 0.3) is 0 Å². The molecule has 60 valence electrons. The van der Waals surface area contributed by atoms with E-state index in [0.717, 1.165) is 5.92 Å². The minimum absolute atomic E-state index is 1.06. The van der Waals surface area contributed by atoms with E-state index in [4.69, 9.17) is 0 Å². The highest BCUT2D eigenvalue weighted by atomic mass is 14.4. The van der Waals surface area contributed by atoms with Crippen molar-refractivity contribution in [3.63, 3.8) is 0 Å². The van der Waals surface area contributed by atoms with Crippen molar-refractivity contribution in [3.05, 3.63) is 0 Å². The molecule has 0 heteroatoms. The molecule has 2 atom stereocenters. The lowest BCUT2D eigenvalue weighted by Crippen LogP contribution is -2.18. The molecule has 2 aliphatic rings. The van der Waals surface area contributed by atoms with Crippen molar-refractivity contribution < 1.29 is 0 Å². The fourth-order valence-corrected chi connectivity index (χ4v) is 2.39. The summed E-state index contributed by atoms with van der Waals surface area (Å²) in [4.78, 5) is 0. The first-order valence-electron chi connectivity index (χ1n) is 4.86. The van der Waals surface area contributed by atoms with Gasteiger partial charge in [-0.25, -0.2) is 0 Å². The van der Waals surface area contributed by atoms with E-state index in [-0.39, 0.29) is 0 Å². The van der Waals surface area contributed by atoms with Crippen LogP contribution in [-0.2, 0) is 0 Å². The van der Waals surface area contributed by atoms with Crippen molar-refractivity contribution in [1.29, 1.82) is 0 Å². The molecule has 0 aromatic rings. The molecule has 10 heavy (non-hydrogen) atoms. The van der Waals surface area contributed by atoms with Crippen LogP contribution in [0.2, 0.25) is 0 Å². The van der Waals surface area contributed by atoms with E-state index < -0.39 is 0 Å². The van der Waals surface area contributed by atoms with Crippen LogP contribution in [0.25, 0.3) is 0 Å². The van der Waals surface area contributed by atoms with E-state index in [0.29, 0.717) is 0 Å². The Morgan fingerprint density at radius 2 is 1.30 bits per heavy atom. The zero-order valence-electron chi connectivity index (χ0n) is 7.56. The van der Waals surface area contributed by atoms with Crippen LogP contribution in [0.3, 0.4) is 0 Å². The number of fused-ring (bicyclic) bond motifs is 1. The lowest BCUT2D eigenvalue weighted by Gasteiger charge is -2.29. The Morgan fingerprint density at radius 1 is 0.900 bits per heavy atom. The van der Waals surface area contributed by atoms with Gasteiger partial charge in [-0.3, -0.25) is 0 Å². The van der Waals surface area contributed by atoms with E-state index in [1.165, 1.54) is 11.8 Å². The highest BCUT2D eigenvalue weighted by Gasteiger charge is 2.37. The largest absolute Gasteiger partial charge is 0.0683 e. The topological polar surface area (TPSA) is 0 Å². The number of hydrogen-bond acceptors (Lipinski definition) is 0. The van der Waals surface area contributed by atoms with Crippen molar-refractivity contribution in [1.82, 2.24) is 0 Å². The van der Waals surface area contributed by atoms with Gasteiger partial charge >= 0.3 is 0 Å². The van der Waals surface area contributed by atoms with Gasteiger partial charge in [-0.1, -0.05) is 20.8 Å². The Bertz CT molecular complexity index is 84.2. The van der Waals surface area contributed by atoms with Crippen molar-refractivity contribution in [3.8, 4) is 0 Å². The summed E-state index contributed by atoms with van der Waals surface area (Å²) >= 11 is 0. The first-order chi connectivity index (χ1) is 4.86. The maximum atomic E-state index is 2.40. The molecular formula is C10H20. The van der Waals surface area contributed by atoms with E-state index in [1.807, 2.05) is 13.8 Å². The third-order valence-corrected chi connectivity index (χ3v) is 2.99. The quantitative estimate of drug-likeness (QED) is 0.483. The van der Waals surface area contributed by atoms with Crippen LogP contribution in [-0.4, -0.2) is 0 Å². The van der Waals surface area contributed by atoms with E-state index >= 15 is 0 Å². The third kappa shape index (κ3) is 1.36. The molecule has 0 spiro atoms. The maximum Gasteiger partial charge on any atom is -0.0383 e.